The summed E-state index contributed by atoms with van der Waals surface area (Å²) in [6.45, 7) is 3.99. The zero-order chi connectivity index (χ0) is 14.2. The molecule has 1 N–H and O–H groups in total. The number of rotatable bonds is 0. The summed E-state index contributed by atoms with van der Waals surface area (Å²) in [4.78, 5) is 11.4. The van der Waals surface area contributed by atoms with E-state index in [-0.39, 0.29) is 0 Å². The van der Waals surface area contributed by atoms with Gasteiger partial charge in [-0.05, 0) is 18.2 Å². The molecule has 3 aliphatic rings. The largest absolute Gasteiger partial charge is 0.338 e. The molecule has 0 bridgehead atoms. The van der Waals surface area contributed by atoms with Crippen LogP contribution in [0.4, 0.5) is 5.69 Å². The third-order valence-electron chi connectivity index (χ3n) is 3.65. The van der Waals surface area contributed by atoms with Crippen molar-refractivity contribution in [3.05, 3.63) is 28.8 Å². The van der Waals surface area contributed by atoms with Crippen molar-refractivity contribution in [3.8, 4) is 0 Å². The molecular weight excluding hydrogens is 290 g/mol. The standard InChI is InChI=1S/C13H14ClN7/c14-9-1-2-11-10(7-9)12-16-8-17-19-21(12)13(18-11)20-5-3-15-4-6-20/h1-2,7,15H,3-6,8H2. The van der Waals surface area contributed by atoms with E-state index >= 15 is 0 Å². The lowest BCUT2D eigenvalue weighted by molar-refractivity contribution is 0.320. The third-order valence-corrected chi connectivity index (χ3v) is 3.88. The first-order chi connectivity index (χ1) is 10.3. The number of aliphatic imine (C=N–C) groups is 2. The highest BCUT2D eigenvalue weighted by atomic mass is 35.5. The van der Waals surface area contributed by atoms with Crippen LogP contribution in [0, 0.1) is 0 Å². The smallest absolute Gasteiger partial charge is 0.230 e. The van der Waals surface area contributed by atoms with Crippen molar-refractivity contribution in [1.82, 2.24) is 15.2 Å². The van der Waals surface area contributed by atoms with Crippen LogP contribution >= 0.6 is 11.6 Å². The van der Waals surface area contributed by atoms with Gasteiger partial charge in [0.15, 0.2) is 12.5 Å². The number of piperazine rings is 1. The second-order valence-corrected chi connectivity index (χ2v) is 5.41. The molecule has 0 aliphatic carbocycles. The number of hydrogen-bond acceptors (Lipinski definition) is 7. The van der Waals surface area contributed by atoms with Gasteiger partial charge in [-0.25, -0.2) is 9.98 Å². The number of fused-ring (bicyclic) bond motifs is 3. The van der Waals surface area contributed by atoms with E-state index in [1.165, 1.54) is 0 Å². The molecule has 1 fully saturated rings. The van der Waals surface area contributed by atoms with Crippen molar-refractivity contribution in [3.63, 3.8) is 0 Å². The monoisotopic (exact) mass is 303 g/mol. The molecule has 0 radical (unpaired) electrons. The quantitative estimate of drug-likeness (QED) is 0.792. The van der Waals surface area contributed by atoms with Crippen LogP contribution in [0.25, 0.3) is 0 Å². The van der Waals surface area contributed by atoms with Crippen molar-refractivity contribution < 1.29 is 0 Å². The average Bonchev–Trinajstić information content (AvgIpc) is 2.55. The van der Waals surface area contributed by atoms with E-state index in [0.717, 1.165) is 49.2 Å². The lowest BCUT2D eigenvalue weighted by atomic mass is 10.1. The topological polar surface area (TPSA) is 68.0 Å². The number of guanidine groups is 1. The molecule has 1 saturated heterocycles. The van der Waals surface area contributed by atoms with Crippen LogP contribution < -0.4 is 5.32 Å². The summed E-state index contributed by atoms with van der Waals surface area (Å²) in [6.07, 6.45) is 0. The number of nitrogens with zero attached hydrogens (tertiary/aromatic N) is 6. The van der Waals surface area contributed by atoms with Crippen LogP contribution in [-0.4, -0.2) is 54.6 Å². The van der Waals surface area contributed by atoms with Crippen LogP contribution in [-0.2, 0) is 0 Å². The van der Waals surface area contributed by atoms with E-state index in [9.17, 15) is 0 Å². The number of amidine groups is 1. The molecule has 0 spiro atoms. The van der Waals surface area contributed by atoms with Gasteiger partial charge in [0, 0.05) is 36.8 Å². The number of hydrogen-bond donors (Lipinski definition) is 1. The second-order valence-electron chi connectivity index (χ2n) is 4.98. The Morgan fingerprint density at radius 2 is 2.05 bits per heavy atom. The average molecular weight is 304 g/mol. The van der Waals surface area contributed by atoms with Gasteiger partial charge < -0.3 is 10.2 Å². The van der Waals surface area contributed by atoms with Crippen molar-refractivity contribution in [2.45, 2.75) is 0 Å². The van der Waals surface area contributed by atoms with Gasteiger partial charge in [0.2, 0.25) is 5.96 Å². The molecule has 4 rings (SSSR count). The van der Waals surface area contributed by atoms with E-state index in [0.29, 0.717) is 11.7 Å². The molecule has 1 aromatic carbocycles. The summed E-state index contributed by atoms with van der Waals surface area (Å²) < 4.78 is 0. The van der Waals surface area contributed by atoms with Crippen LogP contribution in [0.1, 0.15) is 5.56 Å². The molecule has 3 heterocycles. The Kier molecular flexibility index (Phi) is 3.08. The summed E-state index contributed by atoms with van der Waals surface area (Å²) in [5.41, 5.74) is 1.78. The van der Waals surface area contributed by atoms with E-state index in [1.807, 2.05) is 18.2 Å². The minimum atomic E-state index is 0.340. The maximum absolute atomic E-state index is 6.10. The van der Waals surface area contributed by atoms with Crippen molar-refractivity contribution in [2.75, 3.05) is 32.8 Å². The van der Waals surface area contributed by atoms with E-state index < -0.39 is 0 Å². The molecule has 1 aromatic rings. The minimum Gasteiger partial charge on any atom is -0.338 e. The van der Waals surface area contributed by atoms with Gasteiger partial charge in [0.25, 0.3) is 0 Å². The first-order valence-electron chi connectivity index (χ1n) is 6.89. The van der Waals surface area contributed by atoms with E-state index in [4.69, 9.17) is 16.6 Å². The van der Waals surface area contributed by atoms with Crippen LogP contribution in [0.15, 0.2) is 38.5 Å². The maximum atomic E-state index is 6.10. The molecule has 21 heavy (non-hydrogen) atoms. The number of nitrogens with one attached hydrogen (secondary N) is 1. The Morgan fingerprint density at radius 1 is 1.19 bits per heavy atom. The van der Waals surface area contributed by atoms with Crippen LogP contribution in [0.5, 0.6) is 0 Å². The third kappa shape index (κ3) is 2.18. The van der Waals surface area contributed by atoms with Crippen LogP contribution in [0.2, 0.25) is 5.02 Å². The van der Waals surface area contributed by atoms with Crippen LogP contribution in [0.3, 0.4) is 0 Å². The molecule has 0 saturated carbocycles. The van der Waals surface area contributed by atoms with Crippen molar-refractivity contribution >= 4 is 29.1 Å². The van der Waals surface area contributed by atoms with E-state index in [2.05, 4.69) is 25.5 Å². The van der Waals surface area contributed by atoms with Gasteiger partial charge in [0.05, 0.1) is 5.69 Å². The maximum Gasteiger partial charge on any atom is 0.230 e. The zero-order valence-electron chi connectivity index (χ0n) is 11.3. The number of halogens is 1. The SMILES string of the molecule is Clc1ccc2c(c1)C1=NCN=NN1C(N1CCNCC1)=N2. The molecule has 8 heteroatoms. The van der Waals surface area contributed by atoms with Gasteiger partial charge in [-0.2, -0.15) is 5.01 Å². The van der Waals surface area contributed by atoms with Gasteiger partial charge >= 0.3 is 0 Å². The summed E-state index contributed by atoms with van der Waals surface area (Å²) >= 11 is 6.10. The fourth-order valence-electron chi connectivity index (χ4n) is 2.64. The van der Waals surface area contributed by atoms with Crippen molar-refractivity contribution in [1.29, 1.82) is 0 Å². The summed E-state index contributed by atoms with van der Waals surface area (Å²) in [6, 6.07) is 5.65. The molecule has 0 unspecified atom stereocenters. The van der Waals surface area contributed by atoms with Gasteiger partial charge in [-0.1, -0.05) is 16.8 Å². The summed E-state index contributed by atoms with van der Waals surface area (Å²) in [7, 11) is 0. The fourth-order valence-corrected chi connectivity index (χ4v) is 2.82. The predicted octanol–water partition coefficient (Wildman–Crippen LogP) is 1.63. The van der Waals surface area contributed by atoms with Gasteiger partial charge in [-0.15, -0.1) is 5.11 Å². The van der Waals surface area contributed by atoms with Gasteiger partial charge in [0.1, 0.15) is 0 Å². The predicted molar refractivity (Wildman–Crippen MR) is 81.1 cm³/mol. The molecule has 108 valence electrons. The molecular formula is C13H14ClN7. The Morgan fingerprint density at radius 3 is 2.90 bits per heavy atom. The highest BCUT2D eigenvalue weighted by molar-refractivity contribution is 6.31. The minimum absolute atomic E-state index is 0.340. The normalized spacial score (nSPS) is 20.6. The molecule has 7 nitrogen and oxygen atoms in total. The fraction of sp³-hybridized carbons (Fsp3) is 0.385. The Labute approximate surface area is 127 Å². The molecule has 3 aliphatic heterocycles. The zero-order valence-corrected chi connectivity index (χ0v) is 12.1. The highest BCUT2D eigenvalue weighted by Gasteiger charge is 2.32. The Bertz CT molecular complexity index is 660. The first kappa shape index (κ1) is 12.7. The summed E-state index contributed by atoms with van der Waals surface area (Å²) in [5.74, 6) is 1.56. The first-order valence-corrected chi connectivity index (χ1v) is 7.27. The Balaban J connectivity index is 1.82. The number of benzene rings is 1. The second kappa shape index (κ2) is 5.09. The molecule has 0 aromatic heterocycles. The lowest BCUT2D eigenvalue weighted by Gasteiger charge is -2.36. The summed E-state index contributed by atoms with van der Waals surface area (Å²) in [5, 5.41) is 14.0. The lowest BCUT2D eigenvalue weighted by Crippen LogP contribution is -2.53. The molecule has 0 atom stereocenters. The van der Waals surface area contributed by atoms with E-state index in [1.54, 1.807) is 5.01 Å². The highest BCUT2D eigenvalue weighted by Crippen LogP contribution is 2.31. The van der Waals surface area contributed by atoms with Gasteiger partial charge in [-0.3, -0.25) is 0 Å². The Hall–Kier alpha value is -1.99. The molecule has 0 amide bonds. The van der Waals surface area contributed by atoms with Crippen molar-refractivity contribution in [2.24, 2.45) is 20.3 Å².